The van der Waals surface area contributed by atoms with Gasteiger partial charge < -0.3 is 20.1 Å². The third kappa shape index (κ3) is 5.19. The highest BCUT2D eigenvalue weighted by molar-refractivity contribution is 6.31. The van der Waals surface area contributed by atoms with Crippen molar-refractivity contribution in [2.24, 2.45) is 0 Å². The van der Waals surface area contributed by atoms with Crippen LogP contribution in [0.15, 0.2) is 18.2 Å². The highest BCUT2D eigenvalue weighted by Crippen LogP contribution is 2.27. The van der Waals surface area contributed by atoms with Gasteiger partial charge in [-0.25, -0.2) is 0 Å². The smallest absolute Gasteiger partial charge is 0.226 e. The predicted octanol–water partition coefficient (Wildman–Crippen LogP) is 2.45. The summed E-state index contributed by atoms with van der Waals surface area (Å²) in [5.74, 6) is 0.483. The number of amides is 1. The molecular formula is C15H21ClN2O3. The highest BCUT2D eigenvalue weighted by atomic mass is 35.5. The first-order chi connectivity index (χ1) is 10.2. The van der Waals surface area contributed by atoms with Gasteiger partial charge in [-0.15, -0.1) is 0 Å². The fraction of sp³-hybridized carbons (Fsp3) is 0.533. The Morgan fingerprint density at radius 2 is 2.19 bits per heavy atom. The molecule has 1 aromatic rings. The Morgan fingerprint density at radius 3 is 2.90 bits per heavy atom. The van der Waals surface area contributed by atoms with Gasteiger partial charge in [-0.1, -0.05) is 11.6 Å². The van der Waals surface area contributed by atoms with Gasteiger partial charge in [0.15, 0.2) is 0 Å². The molecule has 0 aliphatic carbocycles. The van der Waals surface area contributed by atoms with Crippen LogP contribution in [-0.2, 0) is 9.53 Å². The SMILES string of the molecule is COc1ccc(Cl)cc1NC(=O)CCOC1CCNCC1. The van der Waals surface area contributed by atoms with Gasteiger partial charge >= 0.3 is 0 Å². The molecule has 2 rings (SSSR count). The van der Waals surface area contributed by atoms with Gasteiger partial charge in [-0.3, -0.25) is 4.79 Å². The Morgan fingerprint density at radius 1 is 1.43 bits per heavy atom. The van der Waals surface area contributed by atoms with Crippen LogP contribution in [0, 0.1) is 0 Å². The lowest BCUT2D eigenvalue weighted by Gasteiger charge is -2.22. The zero-order chi connectivity index (χ0) is 15.1. The molecule has 0 atom stereocenters. The van der Waals surface area contributed by atoms with Crippen molar-refractivity contribution in [1.29, 1.82) is 0 Å². The number of ether oxygens (including phenoxy) is 2. The number of methoxy groups -OCH3 is 1. The molecule has 2 N–H and O–H groups in total. The summed E-state index contributed by atoms with van der Waals surface area (Å²) >= 11 is 5.93. The summed E-state index contributed by atoms with van der Waals surface area (Å²) in [5.41, 5.74) is 0.580. The molecule has 0 saturated carbocycles. The van der Waals surface area contributed by atoms with E-state index in [0.717, 1.165) is 25.9 Å². The summed E-state index contributed by atoms with van der Waals surface area (Å²) in [7, 11) is 1.55. The number of rotatable bonds is 6. The Labute approximate surface area is 130 Å². The minimum Gasteiger partial charge on any atom is -0.495 e. The summed E-state index contributed by atoms with van der Waals surface area (Å²) in [6.45, 7) is 2.40. The normalized spacial score (nSPS) is 15.7. The quantitative estimate of drug-likeness (QED) is 0.847. The number of carbonyl (C=O) groups excluding carboxylic acids is 1. The van der Waals surface area contributed by atoms with Gasteiger partial charge in [0, 0.05) is 5.02 Å². The van der Waals surface area contributed by atoms with Crippen molar-refractivity contribution in [2.75, 3.05) is 32.1 Å². The number of halogens is 1. The molecule has 1 heterocycles. The van der Waals surface area contributed by atoms with Crippen LogP contribution in [0.5, 0.6) is 5.75 Å². The molecule has 0 aromatic heterocycles. The first-order valence-corrected chi connectivity index (χ1v) is 7.52. The van der Waals surface area contributed by atoms with Crippen molar-refractivity contribution in [3.63, 3.8) is 0 Å². The molecule has 1 amide bonds. The summed E-state index contributed by atoms with van der Waals surface area (Å²) in [4.78, 5) is 11.9. The standard InChI is InChI=1S/C15H21ClN2O3/c1-20-14-3-2-11(16)10-13(14)18-15(19)6-9-21-12-4-7-17-8-5-12/h2-3,10,12,17H,4-9H2,1H3,(H,18,19). The lowest BCUT2D eigenvalue weighted by atomic mass is 10.1. The molecular weight excluding hydrogens is 292 g/mol. The van der Waals surface area contributed by atoms with Crippen LogP contribution in [-0.4, -0.2) is 38.8 Å². The Hall–Kier alpha value is -1.30. The van der Waals surface area contributed by atoms with Crippen molar-refractivity contribution in [3.8, 4) is 5.75 Å². The fourth-order valence-electron chi connectivity index (χ4n) is 2.27. The van der Waals surface area contributed by atoms with E-state index in [1.807, 2.05) is 0 Å². The predicted molar refractivity (Wildman–Crippen MR) is 83.1 cm³/mol. The molecule has 0 unspecified atom stereocenters. The van der Waals surface area contributed by atoms with Gasteiger partial charge in [-0.05, 0) is 44.1 Å². The number of anilines is 1. The first-order valence-electron chi connectivity index (χ1n) is 7.15. The maximum absolute atomic E-state index is 11.9. The van der Waals surface area contributed by atoms with Gasteiger partial charge in [0.2, 0.25) is 5.91 Å². The summed E-state index contributed by atoms with van der Waals surface area (Å²) in [6.07, 6.45) is 2.59. The third-order valence-electron chi connectivity index (χ3n) is 3.40. The molecule has 1 aliphatic heterocycles. The molecule has 1 fully saturated rings. The summed E-state index contributed by atoms with van der Waals surface area (Å²) in [6, 6.07) is 5.12. The molecule has 1 saturated heterocycles. The van der Waals surface area contributed by atoms with E-state index >= 15 is 0 Å². The van der Waals surface area contributed by atoms with Gasteiger partial charge in [0.1, 0.15) is 5.75 Å². The number of carbonyl (C=O) groups is 1. The second-order valence-electron chi connectivity index (χ2n) is 4.96. The van der Waals surface area contributed by atoms with Crippen LogP contribution < -0.4 is 15.4 Å². The molecule has 1 aliphatic rings. The summed E-state index contributed by atoms with van der Waals surface area (Å²) < 4.78 is 10.9. The minimum absolute atomic E-state index is 0.107. The summed E-state index contributed by atoms with van der Waals surface area (Å²) in [5, 5.41) is 6.63. The van der Waals surface area contributed by atoms with Crippen molar-refractivity contribution in [3.05, 3.63) is 23.2 Å². The highest BCUT2D eigenvalue weighted by Gasteiger charge is 2.14. The maximum Gasteiger partial charge on any atom is 0.226 e. The largest absolute Gasteiger partial charge is 0.495 e. The first kappa shape index (κ1) is 16.1. The van der Waals surface area contributed by atoms with E-state index in [9.17, 15) is 4.79 Å². The Kier molecular flexibility index (Phi) is 6.29. The second-order valence-corrected chi connectivity index (χ2v) is 5.40. The van der Waals surface area contributed by atoms with E-state index < -0.39 is 0 Å². The van der Waals surface area contributed by atoms with Gasteiger partial charge in [-0.2, -0.15) is 0 Å². The molecule has 0 radical (unpaired) electrons. The van der Waals surface area contributed by atoms with Crippen molar-refractivity contribution >= 4 is 23.2 Å². The molecule has 0 bridgehead atoms. The zero-order valence-electron chi connectivity index (χ0n) is 12.2. The van der Waals surface area contributed by atoms with E-state index in [-0.39, 0.29) is 12.0 Å². The topological polar surface area (TPSA) is 59.6 Å². The number of benzene rings is 1. The van der Waals surface area contributed by atoms with E-state index in [4.69, 9.17) is 21.1 Å². The average Bonchev–Trinajstić information content (AvgIpc) is 2.48. The monoisotopic (exact) mass is 312 g/mol. The van der Waals surface area contributed by atoms with Gasteiger partial charge in [0.05, 0.1) is 31.9 Å². The number of nitrogens with one attached hydrogen (secondary N) is 2. The van der Waals surface area contributed by atoms with Crippen molar-refractivity contribution < 1.29 is 14.3 Å². The average molecular weight is 313 g/mol. The molecule has 6 heteroatoms. The van der Waals surface area contributed by atoms with Crippen LogP contribution in [0.25, 0.3) is 0 Å². The van der Waals surface area contributed by atoms with E-state index in [1.165, 1.54) is 0 Å². The molecule has 1 aromatic carbocycles. The van der Waals surface area contributed by atoms with Crippen LogP contribution in [0.3, 0.4) is 0 Å². The van der Waals surface area contributed by atoms with E-state index in [2.05, 4.69) is 10.6 Å². The zero-order valence-corrected chi connectivity index (χ0v) is 12.9. The van der Waals surface area contributed by atoms with Crippen LogP contribution in [0.2, 0.25) is 5.02 Å². The van der Waals surface area contributed by atoms with E-state index in [1.54, 1.807) is 25.3 Å². The lowest BCUT2D eigenvalue weighted by Crippen LogP contribution is -2.33. The Bertz CT molecular complexity index is 476. The number of hydrogen-bond acceptors (Lipinski definition) is 4. The molecule has 21 heavy (non-hydrogen) atoms. The Balaban J connectivity index is 1.77. The minimum atomic E-state index is -0.107. The van der Waals surface area contributed by atoms with Crippen LogP contribution >= 0.6 is 11.6 Å². The fourth-order valence-corrected chi connectivity index (χ4v) is 2.44. The molecule has 116 valence electrons. The van der Waals surface area contributed by atoms with E-state index in [0.29, 0.717) is 29.5 Å². The van der Waals surface area contributed by atoms with Crippen LogP contribution in [0.4, 0.5) is 5.69 Å². The number of piperidine rings is 1. The van der Waals surface area contributed by atoms with Crippen molar-refractivity contribution in [2.45, 2.75) is 25.4 Å². The van der Waals surface area contributed by atoms with Crippen molar-refractivity contribution in [1.82, 2.24) is 5.32 Å². The van der Waals surface area contributed by atoms with Crippen LogP contribution in [0.1, 0.15) is 19.3 Å². The molecule has 5 nitrogen and oxygen atoms in total. The third-order valence-corrected chi connectivity index (χ3v) is 3.64. The lowest BCUT2D eigenvalue weighted by molar-refractivity contribution is -0.117. The number of hydrogen-bond donors (Lipinski definition) is 2. The van der Waals surface area contributed by atoms with Gasteiger partial charge in [0.25, 0.3) is 0 Å². The second kappa shape index (κ2) is 8.22. The maximum atomic E-state index is 11.9. The molecule has 0 spiro atoms.